The van der Waals surface area contributed by atoms with Gasteiger partial charge in [0.2, 0.25) is 0 Å². The van der Waals surface area contributed by atoms with Crippen molar-refractivity contribution in [2.75, 3.05) is 0 Å². The number of hydrogen-bond donors (Lipinski definition) is 0. The molecule has 5 aromatic rings. The Balaban J connectivity index is 1.39. The molecule has 4 aromatic heterocycles. The van der Waals surface area contributed by atoms with E-state index in [1.807, 2.05) is 45.3 Å². The Morgan fingerprint density at radius 2 is 1.05 bits per heavy atom. The van der Waals surface area contributed by atoms with E-state index in [0.29, 0.717) is 0 Å². The molecule has 4 heterocycles. The Kier molecular flexibility index (Phi) is 10.5. The van der Waals surface area contributed by atoms with Crippen LogP contribution in [-0.4, -0.2) is 0 Å². The second-order valence-electron chi connectivity index (χ2n) is 11.1. The largest absolute Gasteiger partial charge is 0.139 e. The van der Waals surface area contributed by atoms with Gasteiger partial charge >= 0.3 is 0 Å². The van der Waals surface area contributed by atoms with E-state index in [2.05, 4.69) is 88.4 Å². The maximum atomic E-state index is 2.51. The zero-order valence-corrected chi connectivity index (χ0v) is 27.7. The van der Waals surface area contributed by atoms with E-state index in [-0.39, 0.29) is 0 Å². The summed E-state index contributed by atoms with van der Waals surface area (Å²) in [6, 6.07) is 23.5. The average Bonchev–Trinajstić information content (AvgIpc) is 3.74. The second kappa shape index (κ2) is 14.3. The Morgan fingerprint density at radius 3 is 1.77 bits per heavy atom. The molecule has 4 heteroatoms. The van der Waals surface area contributed by atoms with Gasteiger partial charge in [0.25, 0.3) is 0 Å². The predicted octanol–water partition coefficient (Wildman–Crippen LogP) is 13.5. The van der Waals surface area contributed by atoms with Crippen molar-refractivity contribution in [3.05, 3.63) is 82.2 Å². The van der Waals surface area contributed by atoms with Crippen LogP contribution < -0.4 is 0 Å². The van der Waals surface area contributed by atoms with E-state index in [0.717, 1.165) is 0 Å². The fraction of sp³-hybridized carbons (Fsp3) is 0.389. The van der Waals surface area contributed by atoms with Gasteiger partial charge in [-0.15, -0.1) is 45.3 Å². The van der Waals surface area contributed by atoms with Gasteiger partial charge in [0.05, 0.1) is 0 Å². The quantitative estimate of drug-likeness (QED) is 0.111. The summed E-state index contributed by atoms with van der Waals surface area (Å²) in [7, 11) is 0. The van der Waals surface area contributed by atoms with Crippen molar-refractivity contribution in [2.45, 2.75) is 91.9 Å². The first-order chi connectivity index (χ1) is 19.5. The van der Waals surface area contributed by atoms with Crippen LogP contribution in [0.1, 0.15) is 86.8 Å². The molecule has 0 radical (unpaired) electrons. The Hall–Kier alpha value is -1.98. The van der Waals surface area contributed by atoms with Gasteiger partial charge in [-0.1, -0.05) is 81.7 Å². The van der Waals surface area contributed by atoms with Crippen LogP contribution in [0, 0.1) is 13.8 Å². The molecule has 0 atom stereocenters. The van der Waals surface area contributed by atoms with Gasteiger partial charge in [0, 0.05) is 39.0 Å². The average molecular weight is 603 g/mol. The van der Waals surface area contributed by atoms with Gasteiger partial charge in [0.15, 0.2) is 0 Å². The van der Waals surface area contributed by atoms with Crippen LogP contribution in [-0.2, 0) is 12.8 Å². The van der Waals surface area contributed by atoms with Crippen LogP contribution in [0.4, 0.5) is 0 Å². The number of thiophene rings is 4. The van der Waals surface area contributed by atoms with Gasteiger partial charge in [-0.25, -0.2) is 0 Å². The summed E-state index contributed by atoms with van der Waals surface area (Å²) in [6.07, 6.45) is 12.9. The minimum atomic E-state index is 1.17. The second-order valence-corrected chi connectivity index (χ2v) is 15.4. The lowest BCUT2D eigenvalue weighted by atomic mass is 10.1. The molecule has 0 unspecified atom stereocenters. The molecule has 0 saturated carbocycles. The van der Waals surface area contributed by atoms with Crippen LogP contribution in [0.25, 0.3) is 39.7 Å². The van der Waals surface area contributed by atoms with Crippen LogP contribution >= 0.6 is 45.3 Å². The summed E-state index contributed by atoms with van der Waals surface area (Å²) in [5.41, 5.74) is 5.55. The zero-order chi connectivity index (χ0) is 27.9. The van der Waals surface area contributed by atoms with Gasteiger partial charge in [0.1, 0.15) is 0 Å². The van der Waals surface area contributed by atoms with Crippen molar-refractivity contribution < 1.29 is 0 Å². The third-order valence-corrected chi connectivity index (χ3v) is 12.6. The molecule has 0 nitrogen and oxygen atoms in total. The van der Waals surface area contributed by atoms with Gasteiger partial charge in [-0.2, -0.15) is 0 Å². The maximum absolute atomic E-state index is 2.51. The molecule has 0 spiro atoms. The van der Waals surface area contributed by atoms with E-state index in [9.17, 15) is 0 Å². The Labute approximate surface area is 257 Å². The first-order valence-electron chi connectivity index (χ1n) is 15.0. The highest BCUT2D eigenvalue weighted by molar-refractivity contribution is 7.29. The van der Waals surface area contributed by atoms with E-state index < -0.39 is 0 Å². The SMILES string of the molecule is CCCCCCc1ccc(-c2ccc(-c3cc(CCCCCC)c(-c4ccc(-c5cc(C)cc(C)c5)s4)s3)s2)s1. The molecule has 0 N–H and O–H groups in total. The molecule has 0 amide bonds. The normalized spacial score (nSPS) is 11.5. The van der Waals surface area contributed by atoms with E-state index in [4.69, 9.17) is 0 Å². The smallest absolute Gasteiger partial charge is 0.0481 e. The molecule has 0 aliphatic heterocycles. The van der Waals surface area contributed by atoms with Crippen LogP contribution in [0.5, 0.6) is 0 Å². The molecular weight excluding hydrogens is 561 g/mol. The first-order valence-corrected chi connectivity index (χ1v) is 18.3. The van der Waals surface area contributed by atoms with E-state index in [1.54, 1.807) is 0 Å². The lowest BCUT2D eigenvalue weighted by molar-refractivity contribution is 0.668. The minimum Gasteiger partial charge on any atom is -0.139 e. The fourth-order valence-electron chi connectivity index (χ4n) is 5.39. The molecular formula is C36H42S4. The lowest BCUT2D eigenvalue weighted by Gasteiger charge is -2.03. The van der Waals surface area contributed by atoms with Gasteiger partial charge < -0.3 is 0 Å². The zero-order valence-electron chi connectivity index (χ0n) is 24.5. The first kappa shape index (κ1) is 29.5. The molecule has 0 bridgehead atoms. The van der Waals surface area contributed by atoms with Crippen molar-refractivity contribution >= 4 is 45.3 Å². The molecule has 0 aliphatic rings. The minimum absolute atomic E-state index is 1.17. The standard InChI is InChI=1S/C36H42S4/c1-5-7-9-11-13-27-24-35(33-19-18-32(39-33)31-16-15-29(37-31)14-12-10-8-6-2)40-36(27)34-20-17-30(38-34)28-22-25(3)21-26(4)23-28/h15-24H,5-14H2,1-4H3. The highest BCUT2D eigenvalue weighted by atomic mass is 32.1. The van der Waals surface area contributed by atoms with Crippen LogP contribution in [0.15, 0.2) is 60.7 Å². The third kappa shape index (κ3) is 7.45. The summed E-state index contributed by atoms with van der Waals surface area (Å²) < 4.78 is 0. The lowest BCUT2D eigenvalue weighted by Crippen LogP contribution is -1.85. The van der Waals surface area contributed by atoms with Crippen molar-refractivity contribution in [2.24, 2.45) is 0 Å². The number of benzene rings is 1. The summed E-state index contributed by atoms with van der Waals surface area (Å²) in [5.74, 6) is 0. The third-order valence-electron chi connectivity index (χ3n) is 7.47. The highest BCUT2D eigenvalue weighted by Gasteiger charge is 2.17. The van der Waals surface area contributed by atoms with E-state index >= 15 is 0 Å². The van der Waals surface area contributed by atoms with Crippen molar-refractivity contribution in [1.82, 2.24) is 0 Å². The summed E-state index contributed by atoms with van der Waals surface area (Å²) >= 11 is 7.91. The molecule has 5 rings (SSSR count). The predicted molar refractivity (Wildman–Crippen MR) is 185 cm³/mol. The van der Waals surface area contributed by atoms with Gasteiger partial charge in [-0.05, 0) is 93.1 Å². The summed E-state index contributed by atoms with van der Waals surface area (Å²) in [4.78, 5) is 11.5. The summed E-state index contributed by atoms with van der Waals surface area (Å²) in [5, 5.41) is 0. The van der Waals surface area contributed by atoms with Crippen LogP contribution in [0.3, 0.4) is 0 Å². The molecule has 0 aliphatic carbocycles. The topological polar surface area (TPSA) is 0 Å². The number of aryl methyl sites for hydroxylation is 4. The number of unbranched alkanes of at least 4 members (excludes halogenated alkanes) is 6. The molecule has 0 saturated heterocycles. The monoisotopic (exact) mass is 602 g/mol. The van der Waals surface area contributed by atoms with Crippen LogP contribution in [0.2, 0.25) is 0 Å². The summed E-state index contributed by atoms with van der Waals surface area (Å²) in [6.45, 7) is 8.98. The maximum Gasteiger partial charge on any atom is 0.0481 e. The molecule has 0 fully saturated rings. The molecule has 40 heavy (non-hydrogen) atoms. The Morgan fingerprint density at radius 1 is 0.475 bits per heavy atom. The highest BCUT2D eigenvalue weighted by Crippen LogP contribution is 2.46. The number of rotatable bonds is 14. The van der Waals surface area contributed by atoms with Crippen molar-refractivity contribution in [3.63, 3.8) is 0 Å². The van der Waals surface area contributed by atoms with Crippen molar-refractivity contribution in [1.29, 1.82) is 0 Å². The van der Waals surface area contributed by atoms with E-state index in [1.165, 1.54) is 125 Å². The fourth-order valence-corrected chi connectivity index (χ4v) is 9.97. The molecule has 1 aromatic carbocycles. The van der Waals surface area contributed by atoms with Crippen molar-refractivity contribution in [3.8, 4) is 39.7 Å². The van der Waals surface area contributed by atoms with Gasteiger partial charge in [-0.3, -0.25) is 0 Å². The Bertz CT molecular complexity index is 1480. The molecule has 210 valence electrons. The number of hydrogen-bond acceptors (Lipinski definition) is 4.